The van der Waals surface area contributed by atoms with Crippen LogP contribution < -0.4 is 10.0 Å². The van der Waals surface area contributed by atoms with Crippen LogP contribution in [0.3, 0.4) is 0 Å². The minimum absolute atomic E-state index is 0.0886. The van der Waals surface area contributed by atoms with Crippen LogP contribution in [0.5, 0.6) is 0 Å². The number of carbonyl (C=O) groups excluding carboxylic acids is 1. The lowest BCUT2D eigenvalue weighted by Gasteiger charge is -2.21. The third kappa shape index (κ3) is 5.17. The topological polar surface area (TPSA) is 88.2 Å². The molecular formula is C20H22FN3O3S2. The van der Waals surface area contributed by atoms with Gasteiger partial charge in [0.05, 0.1) is 20.1 Å². The second-order valence-electron chi connectivity index (χ2n) is 7.05. The molecule has 1 atom stereocenters. The third-order valence-electron chi connectivity index (χ3n) is 4.39. The Balaban J connectivity index is 1.75. The molecule has 0 aliphatic rings. The summed E-state index contributed by atoms with van der Waals surface area (Å²) in [7, 11) is -3.90. The van der Waals surface area contributed by atoms with Gasteiger partial charge in [-0.3, -0.25) is 4.79 Å². The van der Waals surface area contributed by atoms with Gasteiger partial charge in [-0.25, -0.2) is 17.8 Å². The van der Waals surface area contributed by atoms with Gasteiger partial charge in [0.1, 0.15) is 11.9 Å². The van der Waals surface area contributed by atoms with E-state index in [0.717, 1.165) is 20.8 Å². The van der Waals surface area contributed by atoms with Crippen molar-refractivity contribution in [1.82, 2.24) is 15.0 Å². The number of halogens is 1. The van der Waals surface area contributed by atoms with Crippen molar-refractivity contribution in [2.45, 2.75) is 38.3 Å². The van der Waals surface area contributed by atoms with Crippen LogP contribution in [0.1, 0.15) is 24.4 Å². The number of sulfonamides is 1. The minimum atomic E-state index is -3.90. The highest BCUT2D eigenvalue weighted by Crippen LogP contribution is 2.25. The summed E-state index contributed by atoms with van der Waals surface area (Å²) < 4.78 is 42.0. The average Bonchev–Trinajstić information content (AvgIpc) is 3.04. The van der Waals surface area contributed by atoms with Gasteiger partial charge < -0.3 is 5.32 Å². The summed E-state index contributed by atoms with van der Waals surface area (Å²) in [6, 6.07) is 9.51. The number of nitrogens with one attached hydrogen (secondary N) is 2. The Labute approximate surface area is 173 Å². The first-order valence-electron chi connectivity index (χ1n) is 9.07. The Bertz CT molecular complexity index is 1130. The largest absolute Gasteiger partial charge is 0.351 e. The summed E-state index contributed by atoms with van der Waals surface area (Å²) in [6.07, 6.45) is 0. The molecule has 0 radical (unpaired) electrons. The second-order valence-corrected chi connectivity index (χ2v) is 10.00. The molecule has 3 rings (SSSR count). The number of benzene rings is 2. The molecule has 0 saturated carbocycles. The molecule has 0 unspecified atom stereocenters. The number of amides is 1. The molecule has 6 nitrogen and oxygen atoms in total. The normalized spacial score (nSPS) is 13.0. The Morgan fingerprint density at radius 1 is 1.17 bits per heavy atom. The number of hydrogen-bond donors (Lipinski definition) is 2. The van der Waals surface area contributed by atoms with Gasteiger partial charge in [-0.1, -0.05) is 26.0 Å². The fourth-order valence-corrected chi connectivity index (χ4v) is 5.13. The molecule has 0 saturated heterocycles. The lowest BCUT2D eigenvalue weighted by molar-refractivity contribution is -0.123. The Morgan fingerprint density at radius 3 is 2.52 bits per heavy atom. The first kappa shape index (κ1) is 21.4. The summed E-state index contributed by atoms with van der Waals surface area (Å²) in [4.78, 5) is 17.0. The van der Waals surface area contributed by atoms with E-state index in [9.17, 15) is 17.6 Å². The summed E-state index contributed by atoms with van der Waals surface area (Å²) >= 11 is 1.41. The first-order chi connectivity index (χ1) is 13.7. The lowest BCUT2D eigenvalue weighted by Crippen LogP contribution is -2.49. The van der Waals surface area contributed by atoms with Crippen LogP contribution in [-0.2, 0) is 21.4 Å². The maximum absolute atomic E-state index is 13.0. The Kier molecular flexibility index (Phi) is 6.30. The van der Waals surface area contributed by atoms with Gasteiger partial charge >= 0.3 is 0 Å². The van der Waals surface area contributed by atoms with E-state index in [-0.39, 0.29) is 23.2 Å². The fraction of sp³-hybridized carbons (Fsp3) is 0.300. The smallest absolute Gasteiger partial charge is 0.241 e. The highest BCUT2D eigenvalue weighted by Gasteiger charge is 2.28. The van der Waals surface area contributed by atoms with Crippen molar-refractivity contribution in [2.24, 2.45) is 5.92 Å². The summed E-state index contributed by atoms with van der Waals surface area (Å²) in [6.45, 7) is 5.56. The highest BCUT2D eigenvalue weighted by molar-refractivity contribution is 7.89. The van der Waals surface area contributed by atoms with Gasteiger partial charge in [-0.05, 0) is 48.7 Å². The van der Waals surface area contributed by atoms with Gasteiger partial charge in [0, 0.05) is 6.54 Å². The first-order valence-corrected chi connectivity index (χ1v) is 11.4. The SMILES string of the molecule is Cc1nc2ccc(S(=O)(=O)N[C@H](C(=O)NCc3ccc(F)cc3)C(C)C)cc2s1. The molecule has 9 heteroatoms. The van der Waals surface area contributed by atoms with E-state index in [0.29, 0.717) is 0 Å². The quantitative estimate of drug-likeness (QED) is 0.596. The van der Waals surface area contributed by atoms with Crippen LogP contribution in [0, 0.1) is 18.7 Å². The van der Waals surface area contributed by atoms with Crippen LogP contribution in [0.25, 0.3) is 10.2 Å². The number of carbonyl (C=O) groups is 1. The maximum Gasteiger partial charge on any atom is 0.241 e. The fourth-order valence-electron chi connectivity index (χ4n) is 2.82. The van der Waals surface area contributed by atoms with Crippen molar-refractivity contribution < 1.29 is 17.6 Å². The Morgan fingerprint density at radius 2 is 1.86 bits per heavy atom. The zero-order valence-corrected chi connectivity index (χ0v) is 17.9. The molecule has 154 valence electrons. The molecule has 0 aliphatic heterocycles. The van der Waals surface area contributed by atoms with Crippen molar-refractivity contribution in [3.05, 3.63) is 58.9 Å². The zero-order valence-electron chi connectivity index (χ0n) is 16.3. The standard InChI is InChI=1S/C20H22FN3O3S2/c1-12(2)19(20(25)22-11-14-4-6-15(21)7-5-14)24-29(26,27)16-8-9-17-18(10-16)28-13(3)23-17/h4-10,12,19,24H,11H2,1-3H3,(H,22,25)/t19-/m0/s1. The number of aryl methyl sites for hydroxylation is 1. The number of aromatic nitrogens is 1. The van der Waals surface area contributed by atoms with Gasteiger partial charge in [0.2, 0.25) is 15.9 Å². The van der Waals surface area contributed by atoms with Crippen molar-refractivity contribution >= 4 is 37.5 Å². The molecule has 0 aliphatic carbocycles. The van der Waals surface area contributed by atoms with Gasteiger partial charge in [0.15, 0.2) is 0 Å². The van der Waals surface area contributed by atoms with Crippen LogP contribution >= 0.6 is 11.3 Å². The molecule has 1 heterocycles. The lowest BCUT2D eigenvalue weighted by atomic mass is 10.0. The van der Waals surface area contributed by atoms with E-state index in [4.69, 9.17) is 0 Å². The summed E-state index contributed by atoms with van der Waals surface area (Å²) in [5.74, 6) is -1.07. The molecule has 3 aromatic rings. The third-order valence-corrected chi connectivity index (χ3v) is 6.76. The van der Waals surface area contributed by atoms with Crippen molar-refractivity contribution in [3.8, 4) is 0 Å². The maximum atomic E-state index is 13.0. The van der Waals surface area contributed by atoms with Crippen LogP contribution in [-0.4, -0.2) is 25.4 Å². The summed E-state index contributed by atoms with van der Waals surface area (Å²) in [5.41, 5.74) is 1.46. The number of fused-ring (bicyclic) bond motifs is 1. The van der Waals surface area contributed by atoms with Crippen molar-refractivity contribution in [3.63, 3.8) is 0 Å². The van der Waals surface area contributed by atoms with E-state index in [1.807, 2.05) is 6.92 Å². The molecule has 2 aromatic carbocycles. The number of thiazole rings is 1. The van der Waals surface area contributed by atoms with E-state index in [2.05, 4.69) is 15.0 Å². The molecule has 2 N–H and O–H groups in total. The zero-order chi connectivity index (χ0) is 21.2. The molecule has 1 amide bonds. The number of hydrogen-bond acceptors (Lipinski definition) is 5. The monoisotopic (exact) mass is 435 g/mol. The average molecular weight is 436 g/mol. The number of rotatable bonds is 7. The van der Waals surface area contributed by atoms with Gasteiger partial charge in [-0.2, -0.15) is 4.72 Å². The van der Waals surface area contributed by atoms with Gasteiger partial charge in [-0.15, -0.1) is 11.3 Å². The van der Waals surface area contributed by atoms with Crippen molar-refractivity contribution in [2.75, 3.05) is 0 Å². The van der Waals surface area contributed by atoms with E-state index in [1.165, 1.54) is 29.5 Å². The predicted molar refractivity (Wildman–Crippen MR) is 112 cm³/mol. The second kappa shape index (κ2) is 8.56. The minimum Gasteiger partial charge on any atom is -0.351 e. The van der Waals surface area contributed by atoms with Gasteiger partial charge in [0.25, 0.3) is 0 Å². The molecule has 0 bridgehead atoms. The van der Waals surface area contributed by atoms with E-state index < -0.39 is 22.0 Å². The van der Waals surface area contributed by atoms with E-state index in [1.54, 1.807) is 38.1 Å². The Hall–Kier alpha value is -2.36. The molecule has 0 fully saturated rings. The molecule has 29 heavy (non-hydrogen) atoms. The van der Waals surface area contributed by atoms with Crippen LogP contribution in [0.15, 0.2) is 47.4 Å². The molecule has 0 spiro atoms. The predicted octanol–water partition coefficient (Wildman–Crippen LogP) is 3.36. The summed E-state index contributed by atoms with van der Waals surface area (Å²) in [5, 5.41) is 3.56. The number of nitrogens with zero attached hydrogens (tertiary/aromatic N) is 1. The molecule has 1 aromatic heterocycles. The molecular weight excluding hydrogens is 413 g/mol. The van der Waals surface area contributed by atoms with Crippen LogP contribution in [0.2, 0.25) is 0 Å². The highest BCUT2D eigenvalue weighted by atomic mass is 32.2. The van der Waals surface area contributed by atoms with Crippen LogP contribution in [0.4, 0.5) is 4.39 Å². The van der Waals surface area contributed by atoms with E-state index >= 15 is 0 Å². The van der Waals surface area contributed by atoms with Crippen molar-refractivity contribution in [1.29, 1.82) is 0 Å².